The molecule has 2 atom stereocenters. The van der Waals surface area contributed by atoms with Gasteiger partial charge < -0.3 is 8.83 Å². The van der Waals surface area contributed by atoms with E-state index >= 15 is 0 Å². The molecule has 0 aliphatic heterocycles. The molecule has 0 saturated heterocycles. The highest BCUT2D eigenvalue weighted by molar-refractivity contribution is 9.10. The van der Waals surface area contributed by atoms with Crippen molar-refractivity contribution in [3.63, 3.8) is 0 Å². The number of carbonyl (C=O) groups is 1. The number of ketones is 1. The van der Waals surface area contributed by atoms with Crippen molar-refractivity contribution < 1.29 is 22.0 Å². The van der Waals surface area contributed by atoms with E-state index in [1.165, 1.54) is 12.1 Å². The molecule has 7 nitrogen and oxygen atoms in total. The fourth-order valence-corrected chi connectivity index (χ4v) is 7.37. The molecule has 0 unspecified atom stereocenters. The molecule has 0 aliphatic carbocycles. The zero-order chi connectivity index (χ0) is 33.4. The Labute approximate surface area is 285 Å². The van der Waals surface area contributed by atoms with Gasteiger partial charge in [-0.15, -0.1) is 0 Å². The van der Waals surface area contributed by atoms with Crippen molar-refractivity contribution in [2.24, 2.45) is 0 Å². The molecular formula is C39H28BrNO6S. The summed E-state index contributed by atoms with van der Waals surface area (Å²) in [6, 6.07) is 38.4. The number of carbonyl (C=O) groups excluding carboxylic acids is 1. The molecule has 5 aromatic carbocycles. The van der Waals surface area contributed by atoms with E-state index in [1.54, 1.807) is 84.9 Å². The number of aryl methyl sites for hydroxylation is 1. The molecule has 0 aliphatic rings. The first-order valence-electron chi connectivity index (χ1n) is 15.2. The molecule has 0 radical (unpaired) electrons. The van der Waals surface area contributed by atoms with Crippen LogP contribution in [0.5, 0.6) is 0 Å². The lowest BCUT2D eigenvalue weighted by atomic mass is 9.75. The van der Waals surface area contributed by atoms with Crippen molar-refractivity contribution in [2.75, 3.05) is 4.72 Å². The molecule has 2 aromatic heterocycles. The number of nitrogens with one attached hydrogen (secondary N) is 1. The Balaban J connectivity index is 1.52. The summed E-state index contributed by atoms with van der Waals surface area (Å²) < 4.78 is 43.7. The summed E-state index contributed by atoms with van der Waals surface area (Å²) in [6.07, 6.45) is 0. The molecule has 1 N–H and O–H groups in total. The van der Waals surface area contributed by atoms with Crippen molar-refractivity contribution >= 4 is 59.4 Å². The number of para-hydroxylation sites is 2. The summed E-state index contributed by atoms with van der Waals surface area (Å²) in [4.78, 5) is 28.7. The average Bonchev–Trinajstić information content (AvgIpc) is 3.44. The van der Waals surface area contributed by atoms with Crippen LogP contribution in [-0.2, 0) is 10.0 Å². The molecule has 0 spiro atoms. The Kier molecular flexibility index (Phi) is 8.33. The van der Waals surface area contributed by atoms with Crippen molar-refractivity contribution in [3.05, 3.63) is 176 Å². The molecular weight excluding hydrogens is 690 g/mol. The van der Waals surface area contributed by atoms with E-state index in [2.05, 4.69) is 20.7 Å². The topological polar surface area (TPSA) is 107 Å². The predicted molar refractivity (Wildman–Crippen MR) is 190 cm³/mol. The number of anilines is 1. The first-order chi connectivity index (χ1) is 23.2. The van der Waals surface area contributed by atoms with E-state index in [1.807, 2.05) is 43.3 Å². The SMILES string of the molecule is Cc1ccc(S(=O)(=O)Nc2c([C@H](c3ccc(Br)cc3)[C@@H](C(=O)c3ccccc3)c3cc4ccccc4oc3=O)oc3ccccc23)cc1. The van der Waals surface area contributed by atoms with Crippen LogP contribution >= 0.6 is 15.9 Å². The summed E-state index contributed by atoms with van der Waals surface area (Å²) in [5, 5.41) is 1.14. The number of fused-ring (bicyclic) bond motifs is 2. The first kappa shape index (κ1) is 31.4. The van der Waals surface area contributed by atoms with E-state index in [0.29, 0.717) is 33.1 Å². The summed E-state index contributed by atoms with van der Waals surface area (Å²) >= 11 is 3.50. The number of Topliss-reactive ketones (excluding diaryl/α,β-unsaturated/α-hetero) is 1. The fraction of sp³-hybridized carbons (Fsp3) is 0.0769. The van der Waals surface area contributed by atoms with Gasteiger partial charge in [-0.25, -0.2) is 13.2 Å². The smallest absolute Gasteiger partial charge is 0.340 e. The molecule has 2 heterocycles. The van der Waals surface area contributed by atoms with Crippen LogP contribution in [0.2, 0.25) is 0 Å². The standard InChI is InChI=1S/C39H28BrNO6S/c1-24-15-21-29(22-16-24)48(44,45)41-36-30-12-6-8-14-33(30)46-38(36)34(25-17-19-28(40)20-18-25)35(37(42)26-9-3-2-4-10-26)31-23-27-11-5-7-13-32(27)47-39(31)43/h2-23,34-35,41H,1H3/t34-,35+/m1/s1. The van der Waals surface area contributed by atoms with Gasteiger partial charge in [-0.3, -0.25) is 9.52 Å². The number of sulfonamides is 1. The maximum atomic E-state index is 14.8. The van der Waals surface area contributed by atoms with Crippen LogP contribution < -0.4 is 10.3 Å². The summed E-state index contributed by atoms with van der Waals surface area (Å²) in [7, 11) is -4.12. The minimum atomic E-state index is -4.12. The molecule has 7 aromatic rings. The summed E-state index contributed by atoms with van der Waals surface area (Å²) in [6.45, 7) is 1.88. The van der Waals surface area contributed by atoms with Crippen LogP contribution in [0.3, 0.4) is 0 Å². The zero-order valence-corrected chi connectivity index (χ0v) is 28.0. The number of benzene rings is 5. The second-order valence-electron chi connectivity index (χ2n) is 11.5. The van der Waals surface area contributed by atoms with Crippen LogP contribution in [0.25, 0.3) is 21.9 Å². The maximum Gasteiger partial charge on any atom is 0.340 e. The normalized spacial score (nSPS) is 13.0. The number of hydrogen-bond donors (Lipinski definition) is 1. The Morgan fingerprint density at radius 1 is 0.750 bits per heavy atom. The van der Waals surface area contributed by atoms with Gasteiger partial charge in [0.2, 0.25) is 0 Å². The lowest BCUT2D eigenvalue weighted by Gasteiger charge is -2.26. The molecule has 9 heteroatoms. The highest BCUT2D eigenvalue weighted by Gasteiger charge is 2.40. The van der Waals surface area contributed by atoms with Gasteiger partial charge in [0.1, 0.15) is 16.9 Å². The third kappa shape index (κ3) is 5.98. The third-order valence-electron chi connectivity index (χ3n) is 8.38. The minimum Gasteiger partial charge on any atom is -0.458 e. The van der Waals surface area contributed by atoms with E-state index in [0.717, 1.165) is 10.0 Å². The molecule has 0 fully saturated rings. The van der Waals surface area contributed by atoms with E-state index in [-0.39, 0.29) is 27.7 Å². The Morgan fingerprint density at radius 3 is 2.12 bits per heavy atom. The highest BCUT2D eigenvalue weighted by Crippen LogP contribution is 2.47. The lowest BCUT2D eigenvalue weighted by molar-refractivity contribution is 0.0946. The van der Waals surface area contributed by atoms with Gasteiger partial charge in [0.25, 0.3) is 10.0 Å². The number of furan rings is 1. The molecule has 0 bridgehead atoms. The number of rotatable bonds is 9. The predicted octanol–water partition coefficient (Wildman–Crippen LogP) is 9.21. The van der Waals surface area contributed by atoms with Gasteiger partial charge in [-0.2, -0.15) is 0 Å². The summed E-state index contributed by atoms with van der Waals surface area (Å²) in [5.74, 6) is -2.34. The van der Waals surface area contributed by atoms with E-state index in [4.69, 9.17) is 8.83 Å². The van der Waals surface area contributed by atoms with Crippen molar-refractivity contribution in [1.29, 1.82) is 0 Å². The van der Waals surface area contributed by atoms with Crippen molar-refractivity contribution in [2.45, 2.75) is 23.7 Å². The molecule has 0 amide bonds. The molecule has 7 rings (SSSR count). The van der Waals surface area contributed by atoms with Gasteiger partial charge in [-0.05, 0) is 61.0 Å². The van der Waals surface area contributed by atoms with Crippen LogP contribution in [-0.4, -0.2) is 14.2 Å². The summed E-state index contributed by atoms with van der Waals surface area (Å²) in [5.41, 5.74) is 2.31. The monoisotopic (exact) mass is 717 g/mol. The Hall–Kier alpha value is -5.25. The second kappa shape index (κ2) is 12.7. The third-order valence-corrected chi connectivity index (χ3v) is 10.3. The Morgan fingerprint density at radius 2 is 1.40 bits per heavy atom. The maximum absolute atomic E-state index is 14.8. The quantitative estimate of drug-likeness (QED) is 0.118. The van der Waals surface area contributed by atoms with Gasteiger partial charge in [0.05, 0.1) is 28.0 Å². The minimum absolute atomic E-state index is 0.0663. The van der Waals surface area contributed by atoms with Crippen LogP contribution in [0, 0.1) is 6.92 Å². The zero-order valence-electron chi connectivity index (χ0n) is 25.6. The van der Waals surface area contributed by atoms with Gasteiger partial charge in [0, 0.05) is 20.8 Å². The average molecular weight is 719 g/mol. The Bertz CT molecular complexity index is 2450. The lowest BCUT2D eigenvalue weighted by Crippen LogP contribution is -2.27. The molecule has 48 heavy (non-hydrogen) atoms. The molecule has 0 saturated carbocycles. The van der Waals surface area contributed by atoms with Gasteiger partial charge >= 0.3 is 5.63 Å². The van der Waals surface area contributed by atoms with Crippen LogP contribution in [0.4, 0.5) is 5.69 Å². The van der Waals surface area contributed by atoms with Crippen molar-refractivity contribution in [1.82, 2.24) is 0 Å². The second-order valence-corrected chi connectivity index (χ2v) is 14.1. The fourth-order valence-electron chi connectivity index (χ4n) is 6.01. The highest BCUT2D eigenvalue weighted by atomic mass is 79.9. The van der Waals surface area contributed by atoms with Gasteiger partial charge in [-0.1, -0.05) is 106 Å². The molecule has 238 valence electrons. The van der Waals surface area contributed by atoms with Gasteiger partial charge in [0.15, 0.2) is 5.78 Å². The van der Waals surface area contributed by atoms with E-state index < -0.39 is 27.5 Å². The van der Waals surface area contributed by atoms with Crippen molar-refractivity contribution in [3.8, 4) is 0 Å². The van der Waals surface area contributed by atoms with Crippen LogP contribution in [0.15, 0.2) is 156 Å². The number of hydrogen-bond acceptors (Lipinski definition) is 6. The van der Waals surface area contributed by atoms with E-state index in [9.17, 15) is 18.0 Å². The largest absolute Gasteiger partial charge is 0.458 e. The van der Waals surface area contributed by atoms with Crippen LogP contribution in [0.1, 0.15) is 44.6 Å². The number of halogens is 1. The first-order valence-corrected chi connectivity index (χ1v) is 17.5.